The van der Waals surface area contributed by atoms with E-state index >= 15 is 0 Å². The van der Waals surface area contributed by atoms with E-state index in [1.54, 1.807) is 37.2 Å². The van der Waals surface area contributed by atoms with Crippen molar-refractivity contribution < 1.29 is 18.3 Å². The van der Waals surface area contributed by atoms with Gasteiger partial charge in [0.25, 0.3) is 6.43 Å². The van der Waals surface area contributed by atoms with Crippen LogP contribution in [0.4, 0.5) is 8.78 Å². The van der Waals surface area contributed by atoms with Crippen LogP contribution in [0.1, 0.15) is 6.42 Å². The Balaban J connectivity index is 2.32. The van der Waals surface area contributed by atoms with E-state index in [1.807, 2.05) is 6.07 Å². The van der Waals surface area contributed by atoms with Crippen molar-refractivity contribution in [1.29, 1.82) is 5.26 Å². The SMILES string of the molecule is CN(C)/C=C(\C#N)C(=O)C1=CC2=CC(OCC(F)F)=C(Br)C=C(C2)N1. The van der Waals surface area contributed by atoms with E-state index in [2.05, 4.69) is 21.2 Å². The topological polar surface area (TPSA) is 65.4 Å². The number of nitrogens with zero attached hydrogens (tertiary/aromatic N) is 2. The minimum absolute atomic E-state index is 0.00945. The third-order valence-corrected chi connectivity index (χ3v) is 3.85. The molecule has 25 heavy (non-hydrogen) atoms. The van der Waals surface area contributed by atoms with Crippen LogP contribution in [-0.4, -0.2) is 37.8 Å². The Morgan fingerprint density at radius 1 is 1.48 bits per heavy atom. The molecule has 0 saturated carbocycles. The van der Waals surface area contributed by atoms with Gasteiger partial charge in [0.2, 0.25) is 5.78 Å². The Hall–Kier alpha value is -2.40. The molecule has 8 heteroatoms. The standard InChI is InChI=1S/C17H16BrF2N3O2/c1-23(2)8-11(7-21)17(24)14-4-10-3-12(22-14)6-13(18)15(5-10)25-9-16(19)20/h4-6,8,16,22H,3,9H2,1-2H3/b11-8+. The van der Waals surface area contributed by atoms with Crippen molar-refractivity contribution in [3.05, 3.63) is 57.2 Å². The van der Waals surface area contributed by atoms with E-state index in [9.17, 15) is 18.8 Å². The summed E-state index contributed by atoms with van der Waals surface area (Å²) in [6.45, 7) is -0.718. The number of carbonyl (C=O) groups is 1. The second-order valence-corrected chi connectivity index (χ2v) is 6.46. The first kappa shape index (κ1) is 18.9. The lowest BCUT2D eigenvalue weighted by Crippen LogP contribution is -2.25. The fourth-order valence-electron chi connectivity index (χ4n) is 2.28. The summed E-state index contributed by atoms with van der Waals surface area (Å²) in [6.07, 6.45) is 4.22. The largest absolute Gasteiger partial charge is 0.486 e. The van der Waals surface area contributed by atoms with Gasteiger partial charge in [0.1, 0.15) is 24.0 Å². The van der Waals surface area contributed by atoms with E-state index in [1.165, 1.54) is 6.20 Å². The van der Waals surface area contributed by atoms with Gasteiger partial charge in [-0.05, 0) is 39.7 Å². The van der Waals surface area contributed by atoms with Gasteiger partial charge in [-0.2, -0.15) is 5.26 Å². The molecule has 1 N–H and O–H groups in total. The second-order valence-electron chi connectivity index (χ2n) is 5.61. The molecule has 0 atom stereocenters. The molecule has 2 aliphatic rings. The van der Waals surface area contributed by atoms with Gasteiger partial charge >= 0.3 is 0 Å². The summed E-state index contributed by atoms with van der Waals surface area (Å²) >= 11 is 3.29. The first-order valence-corrected chi connectivity index (χ1v) is 8.13. The third kappa shape index (κ3) is 5.03. The van der Waals surface area contributed by atoms with Gasteiger partial charge in [-0.25, -0.2) is 8.78 Å². The van der Waals surface area contributed by atoms with E-state index in [0.717, 1.165) is 0 Å². The molecule has 132 valence electrons. The fourth-order valence-corrected chi connectivity index (χ4v) is 2.78. The molecule has 0 amide bonds. The number of Topliss-reactive ketones (excluding diaryl/α,β-unsaturated/α-hetero) is 1. The number of carbonyl (C=O) groups excluding carboxylic acids is 1. The predicted octanol–water partition coefficient (Wildman–Crippen LogP) is 3.11. The molecule has 0 spiro atoms. The van der Waals surface area contributed by atoms with Crippen molar-refractivity contribution in [3.63, 3.8) is 0 Å². The lowest BCUT2D eigenvalue weighted by molar-refractivity contribution is -0.112. The molecule has 0 aromatic rings. The van der Waals surface area contributed by atoms with E-state index < -0.39 is 18.8 Å². The van der Waals surface area contributed by atoms with Crippen molar-refractivity contribution >= 4 is 21.7 Å². The molecule has 0 saturated heterocycles. The van der Waals surface area contributed by atoms with Crippen LogP contribution in [0.25, 0.3) is 0 Å². The molecular weight excluding hydrogens is 396 g/mol. The fraction of sp³-hybridized carbons (Fsp3) is 0.294. The van der Waals surface area contributed by atoms with Crippen LogP contribution < -0.4 is 5.32 Å². The number of fused-ring (bicyclic) bond motifs is 2. The highest BCUT2D eigenvalue weighted by molar-refractivity contribution is 9.11. The maximum atomic E-state index is 12.5. The maximum absolute atomic E-state index is 12.5. The Morgan fingerprint density at radius 2 is 2.20 bits per heavy atom. The summed E-state index contributed by atoms with van der Waals surface area (Å²) in [4.78, 5) is 14.1. The minimum Gasteiger partial charge on any atom is -0.486 e. The van der Waals surface area contributed by atoms with Crippen molar-refractivity contribution in [2.45, 2.75) is 12.8 Å². The van der Waals surface area contributed by atoms with Crippen molar-refractivity contribution in [2.75, 3.05) is 20.7 Å². The average Bonchev–Trinajstić information content (AvgIpc) is 2.64. The average molecular weight is 412 g/mol. The number of ether oxygens (including phenoxy) is 1. The zero-order valence-corrected chi connectivity index (χ0v) is 15.2. The zero-order valence-electron chi connectivity index (χ0n) is 13.6. The van der Waals surface area contributed by atoms with Gasteiger partial charge in [-0.1, -0.05) is 0 Å². The first-order chi connectivity index (χ1) is 11.8. The molecule has 0 fully saturated rings. The quantitative estimate of drug-likeness (QED) is 0.537. The van der Waals surface area contributed by atoms with Crippen LogP contribution in [0.5, 0.6) is 0 Å². The van der Waals surface area contributed by atoms with Crippen LogP contribution in [0.15, 0.2) is 57.2 Å². The van der Waals surface area contributed by atoms with Crippen LogP contribution in [0, 0.1) is 11.3 Å². The number of nitriles is 1. The number of hydrogen-bond donors (Lipinski definition) is 1. The molecule has 2 rings (SSSR count). The summed E-state index contributed by atoms with van der Waals surface area (Å²) in [7, 11) is 3.43. The summed E-state index contributed by atoms with van der Waals surface area (Å²) < 4.78 is 30.4. The predicted molar refractivity (Wildman–Crippen MR) is 92.3 cm³/mol. The Morgan fingerprint density at radius 3 is 2.80 bits per heavy atom. The van der Waals surface area contributed by atoms with Crippen LogP contribution in [0.2, 0.25) is 0 Å². The number of nitrogens with one attached hydrogen (secondary N) is 1. The highest BCUT2D eigenvalue weighted by Gasteiger charge is 2.23. The van der Waals surface area contributed by atoms with Crippen LogP contribution in [-0.2, 0) is 9.53 Å². The lowest BCUT2D eigenvalue weighted by Gasteiger charge is -2.19. The van der Waals surface area contributed by atoms with E-state index in [-0.39, 0.29) is 17.0 Å². The minimum atomic E-state index is -2.58. The van der Waals surface area contributed by atoms with Crippen LogP contribution >= 0.6 is 15.9 Å². The van der Waals surface area contributed by atoms with Crippen LogP contribution in [0.3, 0.4) is 0 Å². The molecule has 0 unspecified atom stereocenters. The molecule has 0 aromatic carbocycles. The molecular formula is C17H16BrF2N3O2. The van der Waals surface area contributed by atoms with Gasteiger partial charge in [-0.3, -0.25) is 4.79 Å². The summed E-state index contributed by atoms with van der Waals surface area (Å²) in [6, 6.07) is 1.88. The Kier molecular flexibility index (Phi) is 6.15. The highest BCUT2D eigenvalue weighted by Crippen LogP contribution is 2.30. The molecule has 2 bridgehead atoms. The number of hydrogen-bond acceptors (Lipinski definition) is 5. The number of allylic oxidation sites excluding steroid dienone is 6. The zero-order chi connectivity index (χ0) is 18.6. The Bertz CT molecular complexity index is 771. The summed E-state index contributed by atoms with van der Waals surface area (Å²) in [5, 5.41) is 12.2. The van der Waals surface area contributed by atoms with Gasteiger partial charge < -0.3 is 15.0 Å². The van der Waals surface area contributed by atoms with Crippen molar-refractivity contribution in [3.8, 4) is 6.07 Å². The highest BCUT2D eigenvalue weighted by atomic mass is 79.9. The second kappa shape index (κ2) is 8.12. The molecule has 0 aromatic heterocycles. The number of halogens is 3. The maximum Gasteiger partial charge on any atom is 0.272 e. The van der Waals surface area contributed by atoms with Crippen molar-refractivity contribution in [1.82, 2.24) is 10.2 Å². The number of rotatable bonds is 6. The van der Waals surface area contributed by atoms with E-state index in [0.29, 0.717) is 22.2 Å². The lowest BCUT2D eigenvalue weighted by atomic mass is 10.0. The molecule has 0 radical (unpaired) electrons. The number of alkyl halides is 2. The summed E-state index contributed by atoms with van der Waals surface area (Å²) in [5.41, 5.74) is 1.65. The third-order valence-electron chi connectivity index (χ3n) is 3.23. The molecule has 1 heterocycles. The van der Waals surface area contributed by atoms with Gasteiger partial charge in [0.15, 0.2) is 0 Å². The smallest absolute Gasteiger partial charge is 0.272 e. The Labute approximate surface area is 152 Å². The monoisotopic (exact) mass is 411 g/mol. The van der Waals surface area contributed by atoms with Gasteiger partial charge in [0.05, 0.1) is 10.2 Å². The molecule has 1 aliphatic heterocycles. The first-order valence-electron chi connectivity index (χ1n) is 7.33. The van der Waals surface area contributed by atoms with Gasteiger partial charge in [-0.15, -0.1) is 0 Å². The molecule has 5 nitrogen and oxygen atoms in total. The van der Waals surface area contributed by atoms with Gasteiger partial charge in [0, 0.05) is 32.4 Å². The van der Waals surface area contributed by atoms with E-state index in [4.69, 9.17) is 4.74 Å². The summed E-state index contributed by atoms with van der Waals surface area (Å²) in [5.74, 6) is -0.179. The number of ketones is 1. The van der Waals surface area contributed by atoms with Crippen molar-refractivity contribution in [2.24, 2.45) is 0 Å². The molecule has 1 aliphatic carbocycles. The normalized spacial score (nSPS) is 17.0.